The molecule has 216 valence electrons. The number of hydrogen-bond acceptors (Lipinski definition) is 4. The van der Waals surface area contributed by atoms with E-state index in [0.717, 1.165) is 29.5 Å². The summed E-state index contributed by atoms with van der Waals surface area (Å²) in [4.78, 5) is 29.0. The van der Waals surface area contributed by atoms with Crippen molar-refractivity contribution in [3.63, 3.8) is 0 Å². The van der Waals surface area contributed by atoms with Crippen LogP contribution in [0.3, 0.4) is 0 Å². The van der Waals surface area contributed by atoms with Gasteiger partial charge in [-0.1, -0.05) is 62.7 Å². The van der Waals surface area contributed by atoms with Crippen molar-refractivity contribution in [3.05, 3.63) is 114 Å². The Balaban J connectivity index is 1.57. The van der Waals surface area contributed by atoms with Crippen molar-refractivity contribution in [2.24, 2.45) is 5.92 Å². The molecular formula is C35H35FN2O4. The van der Waals surface area contributed by atoms with Crippen molar-refractivity contribution in [1.29, 1.82) is 0 Å². The number of carbonyl (C=O) groups excluding carboxylic acids is 2. The summed E-state index contributed by atoms with van der Waals surface area (Å²) >= 11 is 0. The van der Waals surface area contributed by atoms with E-state index in [1.165, 1.54) is 24.3 Å². The number of urea groups is 1. The van der Waals surface area contributed by atoms with Gasteiger partial charge in [-0.25, -0.2) is 9.18 Å². The van der Waals surface area contributed by atoms with Crippen LogP contribution in [0.25, 0.3) is 11.1 Å². The number of ether oxygens (including phenoxy) is 2. The zero-order chi connectivity index (χ0) is 29.6. The third kappa shape index (κ3) is 6.00. The van der Waals surface area contributed by atoms with Gasteiger partial charge >= 0.3 is 6.03 Å². The van der Waals surface area contributed by atoms with Crippen LogP contribution in [0.5, 0.6) is 11.5 Å². The molecule has 42 heavy (non-hydrogen) atoms. The first kappa shape index (κ1) is 28.9. The number of benzene rings is 4. The van der Waals surface area contributed by atoms with E-state index >= 15 is 0 Å². The van der Waals surface area contributed by atoms with Crippen molar-refractivity contribution >= 4 is 17.5 Å². The van der Waals surface area contributed by atoms with Crippen LogP contribution in [-0.2, 0) is 0 Å². The van der Waals surface area contributed by atoms with Crippen LogP contribution in [-0.4, -0.2) is 31.6 Å². The molecule has 0 aliphatic carbocycles. The lowest BCUT2D eigenvalue weighted by Gasteiger charge is -2.31. The normalized spacial score (nSPS) is 17.0. The standard InChI is InChI=1S/C35H35FN2O4/c1-4-5-21-42-31-22-29(41-3)19-20-30(31)33-32(23(2)34(39)26-11-15-27(36)16-12-26)37-35(40)38(33)28-17-13-25(14-18-28)24-9-7-6-8-10-24/h6-20,22-23,32-33H,4-5,21H2,1-3H3,(H,37,40)/t23?,32?,33-/m1/s1. The number of amides is 2. The summed E-state index contributed by atoms with van der Waals surface area (Å²) in [5.74, 6) is 0.00975. The van der Waals surface area contributed by atoms with Crippen LogP contribution in [0, 0.1) is 11.7 Å². The maximum atomic E-state index is 13.7. The first-order valence-electron chi connectivity index (χ1n) is 14.3. The molecule has 0 radical (unpaired) electrons. The van der Waals surface area contributed by atoms with Crippen molar-refractivity contribution in [2.75, 3.05) is 18.6 Å². The van der Waals surface area contributed by atoms with Gasteiger partial charge in [-0.05, 0) is 66.1 Å². The summed E-state index contributed by atoms with van der Waals surface area (Å²) in [6.45, 7) is 4.40. The topological polar surface area (TPSA) is 67.9 Å². The van der Waals surface area contributed by atoms with Crippen LogP contribution >= 0.6 is 0 Å². The monoisotopic (exact) mass is 566 g/mol. The molecule has 1 aliphatic rings. The van der Waals surface area contributed by atoms with Gasteiger partial charge in [-0.3, -0.25) is 9.69 Å². The van der Waals surface area contributed by atoms with E-state index in [9.17, 15) is 14.0 Å². The third-order valence-corrected chi connectivity index (χ3v) is 7.76. The van der Waals surface area contributed by atoms with Crippen LogP contribution in [0.2, 0.25) is 0 Å². The fourth-order valence-corrected chi connectivity index (χ4v) is 5.41. The van der Waals surface area contributed by atoms with E-state index in [4.69, 9.17) is 9.47 Å². The molecule has 2 amide bonds. The van der Waals surface area contributed by atoms with Crippen LogP contribution < -0.4 is 19.7 Å². The zero-order valence-corrected chi connectivity index (χ0v) is 24.0. The number of halogens is 1. The van der Waals surface area contributed by atoms with Gasteiger partial charge < -0.3 is 14.8 Å². The fourth-order valence-electron chi connectivity index (χ4n) is 5.41. The molecule has 0 aromatic heterocycles. The Kier molecular flexibility index (Phi) is 8.86. The highest BCUT2D eigenvalue weighted by atomic mass is 19.1. The number of rotatable bonds is 11. The highest BCUT2D eigenvalue weighted by Gasteiger charge is 2.46. The van der Waals surface area contributed by atoms with Crippen molar-refractivity contribution < 1.29 is 23.5 Å². The van der Waals surface area contributed by atoms with Gasteiger partial charge in [0.2, 0.25) is 0 Å². The van der Waals surface area contributed by atoms with E-state index < -0.39 is 23.8 Å². The molecule has 2 unspecified atom stereocenters. The second-order valence-electron chi connectivity index (χ2n) is 10.5. The quantitative estimate of drug-likeness (QED) is 0.148. The predicted molar refractivity (Wildman–Crippen MR) is 163 cm³/mol. The minimum Gasteiger partial charge on any atom is -0.497 e. The van der Waals surface area contributed by atoms with Gasteiger partial charge in [0.1, 0.15) is 17.3 Å². The lowest BCUT2D eigenvalue weighted by atomic mass is 9.85. The molecule has 1 fully saturated rings. The molecule has 6 nitrogen and oxygen atoms in total. The number of hydrogen-bond donors (Lipinski definition) is 1. The molecule has 5 rings (SSSR count). The predicted octanol–water partition coefficient (Wildman–Crippen LogP) is 7.84. The largest absolute Gasteiger partial charge is 0.497 e. The molecule has 4 aromatic rings. The van der Waals surface area contributed by atoms with Crippen LogP contribution in [0.4, 0.5) is 14.9 Å². The first-order chi connectivity index (χ1) is 20.4. The molecule has 1 heterocycles. The van der Waals surface area contributed by atoms with Crippen molar-refractivity contribution in [3.8, 4) is 22.6 Å². The summed E-state index contributed by atoms with van der Waals surface area (Å²) in [7, 11) is 1.60. The Morgan fingerprint density at radius 3 is 2.31 bits per heavy atom. The van der Waals surface area contributed by atoms with Gasteiger partial charge in [-0.15, -0.1) is 0 Å². The average molecular weight is 567 g/mol. The highest BCUT2D eigenvalue weighted by molar-refractivity contribution is 6.01. The van der Waals surface area contributed by atoms with Gasteiger partial charge in [0.05, 0.1) is 25.8 Å². The van der Waals surface area contributed by atoms with E-state index in [2.05, 4.69) is 12.2 Å². The number of carbonyl (C=O) groups is 2. The van der Waals surface area contributed by atoms with Crippen molar-refractivity contribution in [1.82, 2.24) is 5.32 Å². The number of ketones is 1. The number of Topliss-reactive ketones (excluding diaryl/α,β-unsaturated/α-hetero) is 1. The lowest BCUT2D eigenvalue weighted by molar-refractivity contribution is 0.0903. The Morgan fingerprint density at radius 1 is 0.952 bits per heavy atom. The second-order valence-corrected chi connectivity index (χ2v) is 10.5. The minimum absolute atomic E-state index is 0.187. The molecule has 4 aromatic carbocycles. The Bertz CT molecular complexity index is 1520. The summed E-state index contributed by atoms with van der Waals surface area (Å²) in [5, 5.41) is 3.09. The molecule has 0 spiro atoms. The molecule has 1 saturated heterocycles. The molecule has 1 N–H and O–H groups in total. The highest BCUT2D eigenvalue weighted by Crippen LogP contribution is 2.43. The second kappa shape index (κ2) is 12.9. The minimum atomic E-state index is -0.622. The summed E-state index contributed by atoms with van der Waals surface area (Å²) in [6.07, 6.45) is 1.83. The van der Waals surface area contributed by atoms with Crippen LogP contribution in [0.1, 0.15) is 48.7 Å². The smallest absolute Gasteiger partial charge is 0.322 e. The number of anilines is 1. The Hall–Kier alpha value is -4.65. The van der Waals surface area contributed by atoms with E-state index in [1.54, 1.807) is 18.9 Å². The fraction of sp³-hybridized carbons (Fsp3) is 0.257. The van der Waals surface area contributed by atoms with Gasteiger partial charge in [0.25, 0.3) is 0 Å². The van der Waals surface area contributed by atoms with E-state index in [-0.39, 0.29) is 11.8 Å². The average Bonchev–Trinajstić information content (AvgIpc) is 3.37. The first-order valence-corrected chi connectivity index (χ1v) is 14.3. The molecule has 0 bridgehead atoms. The number of nitrogens with one attached hydrogen (secondary N) is 1. The molecule has 1 aliphatic heterocycles. The summed E-state index contributed by atoms with van der Waals surface area (Å²) in [5.41, 5.74) is 3.94. The van der Waals surface area contributed by atoms with Gasteiger partial charge in [0, 0.05) is 28.8 Å². The summed E-state index contributed by atoms with van der Waals surface area (Å²) in [6, 6.07) is 27.4. The Morgan fingerprint density at radius 2 is 1.64 bits per heavy atom. The maximum Gasteiger partial charge on any atom is 0.322 e. The number of unbranched alkanes of at least 4 members (excludes halogenated alkanes) is 1. The number of methoxy groups -OCH3 is 1. The maximum absolute atomic E-state index is 13.7. The van der Waals surface area contributed by atoms with E-state index in [0.29, 0.717) is 29.4 Å². The molecule has 0 saturated carbocycles. The third-order valence-electron chi connectivity index (χ3n) is 7.76. The number of nitrogens with zero attached hydrogens (tertiary/aromatic N) is 1. The van der Waals surface area contributed by atoms with Gasteiger partial charge in [0.15, 0.2) is 5.78 Å². The lowest BCUT2D eigenvalue weighted by Crippen LogP contribution is -2.38. The molecular weight excluding hydrogens is 531 g/mol. The van der Waals surface area contributed by atoms with Crippen molar-refractivity contribution in [2.45, 2.75) is 38.8 Å². The molecule has 3 atom stereocenters. The zero-order valence-electron chi connectivity index (χ0n) is 24.0. The van der Waals surface area contributed by atoms with E-state index in [1.807, 2.05) is 72.8 Å². The SMILES string of the molecule is CCCCOc1cc(OC)ccc1[C@@H]1C(C(C)C(=O)c2ccc(F)cc2)NC(=O)N1c1ccc(-c2ccccc2)cc1. The van der Waals surface area contributed by atoms with Crippen LogP contribution in [0.15, 0.2) is 97.1 Å². The summed E-state index contributed by atoms with van der Waals surface area (Å²) < 4.78 is 25.3. The van der Waals surface area contributed by atoms with Gasteiger partial charge in [-0.2, -0.15) is 0 Å². The molecule has 7 heteroatoms. The Labute approximate surface area is 246 Å².